The largest absolute Gasteiger partial charge is 0.375 e. The maximum atomic E-state index is 13.2. The summed E-state index contributed by atoms with van der Waals surface area (Å²) in [5, 5.41) is 0. The fraction of sp³-hybridized carbons (Fsp3) is 0.571. The van der Waals surface area contributed by atoms with E-state index in [1.54, 1.807) is 6.92 Å². The van der Waals surface area contributed by atoms with Crippen molar-refractivity contribution >= 4 is 10.0 Å². The highest BCUT2D eigenvalue weighted by Crippen LogP contribution is 2.30. The minimum atomic E-state index is -3.66. The number of hydrogen-bond acceptors (Lipinski definition) is 3. The smallest absolute Gasteiger partial charge is 0.243 e. The van der Waals surface area contributed by atoms with Crippen LogP contribution in [-0.2, 0) is 14.8 Å². The standard InChI is InChI=1S/C14H20FNO3S/c1-10-7-12(15)5-6-13(10)20(17,18)16-8-11(2)19-9-14(16,3)4/h5-7,11H,8-9H2,1-4H3. The van der Waals surface area contributed by atoms with Crippen molar-refractivity contribution < 1.29 is 17.5 Å². The van der Waals surface area contributed by atoms with Crippen molar-refractivity contribution in [3.63, 3.8) is 0 Å². The molecule has 0 saturated carbocycles. The minimum absolute atomic E-state index is 0.154. The van der Waals surface area contributed by atoms with Crippen molar-refractivity contribution in [3.05, 3.63) is 29.6 Å². The molecular formula is C14H20FNO3S. The van der Waals surface area contributed by atoms with Crippen LogP contribution >= 0.6 is 0 Å². The number of benzene rings is 1. The third-order valence-electron chi connectivity index (χ3n) is 3.52. The van der Waals surface area contributed by atoms with Crippen LogP contribution in [0.2, 0.25) is 0 Å². The summed E-state index contributed by atoms with van der Waals surface area (Å²) in [6.07, 6.45) is -0.154. The van der Waals surface area contributed by atoms with Crippen LogP contribution in [0.1, 0.15) is 26.3 Å². The average molecular weight is 301 g/mol. The molecule has 4 nitrogen and oxygen atoms in total. The molecule has 6 heteroatoms. The van der Waals surface area contributed by atoms with Crippen molar-refractivity contribution in [1.82, 2.24) is 4.31 Å². The van der Waals surface area contributed by atoms with E-state index >= 15 is 0 Å². The number of nitrogens with zero attached hydrogens (tertiary/aromatic N) is 1. The number of hydrogen-bond donors (Lipinski definition) is 0. The molecule has 1 aliphatic rings. The van der Waals surface area contributed by atoms with Gasteiger partial charge in [-0.3, -0.25) is 0 Å². The molecule has 0 aromatic heterocycles. The van der Waals surface area contributed by atoms with Crippen LogP contribution in [0, 0.1) is 12.7 Å². The Hall–Kier alpha value is -0.980. The highest BCUT2D eigenvalue weighted by molar-refractivity contribution is 7.89. The molecule has 1 atom stereocenters. The van der Waals surface area contributed by atoms with Crippen LogP contribution in [0.25, 0.3) is 0 Å². The summed E-state index contributed by atoms with van der Waals surface area (Å²) >= 11 is 0. The summed E-state index contributed by atoms with van der Waals surface area (Å²) in [7, 11) is -3.66. The fourth-order valence-corrected chi connectivity index (χ4v) is 4.45. The van der Waals surface area contributed by atoms with Gasteiger partial charge in [-0.2, -0.15) is 4.31 Å². The second-order valence-corrected chi connectivity index (χ2v) is 7.71. The molecule has 1 fully saturated rings. The molecule has 20 heavy (non-hydrogen) atoms. The number of ether oxygens (including phenoxy) is 1. The molecule has 1 saturated heterocycles. The van der Waals surface area contributed by atoms with E-state index in [9.17, 15) is 12.8 Å². The van der Waals surface area contributed by atoms with Crippen LogP contribution < -0.4 is 0 Å². The maximum Gasteiger partial charge on any atom is 0.243 e. The van der Waals surface area contributed by atoms with Gasteiger partial charge < -0.3 is 4.74 Å². The van der Waals surface area contributed by atoms with E-state index < -0.39 is 21.4 Å². The Bertz CT molecular complexity index is 613. The van der Waals surface area contributed by atoms with E-state index in [4.69, 9.17) is 4.74 Å². The lowest BCUT2D eigenvalue weighted by Crippen LogP contribution is -2.57. The SMILES string of the molecule is Cc1cc(F)ccc1S(=O)(=O)N1CC(C)OCC1(C)C. The maximum absolute atomic E-state index is 13.2. The fourth-order valence-electron chi connectivity index (χ4n) is 2.40. The molecule has 1 aromatic rings. The molecule has 0 radical (unpaired) electrons. The Kier molecular flexibility index (Phi) is 3.92. The van der Waals surface area contributed by atoms with Gasteiger partial charge in [0, 0.05) is 6.54 Å². The summed E-state index contributed by atoms with van der Waals surface area (Å²) in [6, 6.07) is 3.75. The van der Waals surface area contributed by atoms with E-state index in [0.29, 0.717) is 18.7 Å². The van der Waals surface area contributed by atoms with Gasteiger partial charge in [0.1, 0.15) is 5.82 Å². The summed E-state index contributed by atoms with van der Waals surface area (Å²) < 4.78 is 45.8. The first-order valence-electron chi connectivity index (χ1n) is 6.55. The summed E-state index contributed by atoms with van der Waals surface area (Å²) in [5.41, 5.74) is -0.202. The normalized spacial score (nSPS) is 23.8. The van der Waals surface area contributed by atoms with Crippen LogP contribution in [0.5, 0.6) is 0 Å². The van der Waals surface area contributed by atoms with E-state index in [-0.39, 0.29) is 11.0 Å². The van der Waals surface area contributed by atoms with Crippen molar-refractivity contribution in [2.24, 2.45) is 0 Å². The molecule has 0 aliphatic carbocycles. The number of halogens is 1. The molecule has 0 N–H and O–H groups in total. The zero-order valence-corrected chi connectivity index (χ0v) is 13.0. The first-order valence-corrected chi connectivity index (χ1v) is 7.99. The van der Waals surface area contributed by atoms with Gasteiger partial charge in [-0.1, -0.05) is 0 Å². The summed E-state index contributed by atoms with van der Waals surface area (Å²) in [4.78, 5) is 0.154. The molecule has 1 aliphatic heterocycles. The third kappa shape index (κ3) is 2.73. The van der Waals surface area contributed by atoms with Gasteiger partial charge in [0.05, 0.1) is 23.1 Å². The molecule has 0 spiro atoms. The lowest BCUT2D eigenvalue weighted by atomic mass is 10.1. The summed E-state index contributed by atoms with van der Waals surface area (Å²) in [6.45, 7) is 7.74. The molecule has 0 amide bonds. The third-order valence-corrected chi connectivity index (χ3v) is 5.76. The number of aryl methyl sites for hydroxylation is 1. The highest BCUT2D eigenvalue weighted by atomic mass is 32.2. The molecular weight excluding hydrogens is 281 g/mol. The van der Waals surface area contributed by atoms with E-state index in [2.05, 4.69) is 0 Å². The number of rotatable bonds is 2. The number of sulfonamides is 1. The van der Waals surface area contributed by atoms with E-state index in [0.717, 1.165) is 0 Å². The van der Waals surface area contributed by atoms with Gasteiger partial charge in [0.15, 0.2) is 0 Å². The second kappa shape index (κ2) is 5.09. The van der Waals surface area contributed by atoms with Gasteiger partial charge in [-0.25, -0.2) is 12.8 Å². The second-order valence-electron chi connectivity index (χ2n) is 5.88. The van der Waals surface area contributed by atoms with Gasteiger partial charge >= 0.3 is 0 Å². The Balaban J connectivity index is 2.48. The molecule has 1 unspecified atom stereocenters. The van der Waals surface area contributed by atoms with Crippen molar-refractivity contribution in [1.29, 1.82) is 0 Å². The van der Waals surface area contributed by atoms with Crippen LogP contribution in [-0.4, -0.2) is 37.5 Å². The highest BCUT2D eigenvalue weighted by Gasteiger charge is 2.42. The Morgan fingerprint density at radius 3 is 2.65 bits per heavy atom. The van der Waals surface area contributed by atoms with E-state index in [1.165, 1.54) is 22.5 Å². The molecule has 0 bridgehead atoms. The monoisotopic (exact) mass is 301 g/mol. The zero-order chi connectivity index (χ0) is 15.1. The first-order chi connectivity index (χ1) is 9.14. The van der Waals surface area contributed by atoms with Crippen LogP contribution in [0.4, 0.5) is 4.39 Å². The van der Waals surface area contributed by atoms with Crippen LogP contribution in [0.15, 0.2) is 23.1 Å². The van der Waals surface area contributed by atoms with Gasteiger partial charge in [0.25, 0.3) is 0 Å². The topological polar surface area (TPSA) is 46.6 Å². The predicted molar refractivity (Wildman–Crippen MR) is 74.5 cm³/mol. The van der Waals surface area contributed by atoms with E-state index in [1.807, 2.05) is 20.8 Å². The van der Waals surface area contributed by atoms with Gasteiger partial charge in [-0.05, 0) is 51.5 Å². The minimum Gasteiger partial charge on any atom is -0.375 e. The molecule has 1 aromatic carbocycles. The van der Waals surface area contributed by atoms with Gasteiger partial charge in [-0.15, -0.1) is 0 Å². The molecule has 112 valence electrons. The lowest BCUT2D eigenvalue weighted by Gasteiger charge is -2.43. The summed E-state index contributed by atoms with van der Waals surface area (Å²) in [5.74, 6) is -0.434. The zero-order valence-electron chi connectivity index (χ0n) is 12.2. The Morgan fingerprint density at radius 2 is 2.05 bits per heavy atom. The number of morpholine rings is 1. The molecule has 1 heterocycles. The Labute approximate surface area is 119 Å². The van der Waals surface area contributed by atoms with Crippen LogP contribution in [0.3, 0.4) is 0 Å². The Morgan fingerprint density at radius 1 is 1.40 bits per heavy atom. The van der Waals surface area contributed by atoms with Crippen molar-refractivity contribution in [2.75, 3.05) is 13.2 Å². The molecule has 2 rings (SSSR count). The first kappa shape index (κ1) is 15.4. The quantitative estimate of drug-likeness (QED) is 0.842. The average Bonchev–Trinajstić information content (AvgIpc) is 2.31. The predicted octanol–water partition coefficient (Wildman–Crippen LogP) is 2.32. The lowest BCUT2D eigenvalue weighted by molar-refractivity contribution is -0.0551. The van der Waals surface area contributed by atoms with Crippen molar-refractivity contribution in [3.8, 4) is 0 Å². The van der Waals surface area contributed by atoms with Crippen molar-refractivity contribution in [2.45, 2.75) is 44.2 Å². The van der Waals surface area contributed by atoms with Gasteiger partial charge in [0.2, 0.25) is 10.0 Å².